The van der Waals surface area contributed by atoms with Crippen molar-refractivity contribution in [3.8, 4) is 5.88 Å². The van der Waals surface area contributed by atoms with E-state index in [4.69, 9.17) is 4.74 Å². The Morgan fingerprint density at radius 2 is 2.09 bits per heavy atom. The van der Waals surface area contributed by atoms with Crippen LogP contribution in [-0.2, 0) is 9.59 Å². The first-order valence-electron chi connectivity index (χ1n) is 7.59. The molecule has 2 aliphatic rings. The number of hydrogen-bond donors (Lipinski definition) is 0. The van der Waals surface area contributed by atoms with E-state index in [2.05, 4.69) is 9.97 Å². The molecule has 0 spiro atoms. The molecule has 22 heavy (non-hydrogen) atoms. The second-order valence-electron chi connectivity index (χ2n) is 5.86. The highest BCUT2D eigenvalue weighted by Crippen LogP contribution is 2.22. The third-order valence-electron chi connectivity index (χ3n) is 4.27. The van der Waals surface area contributed by atoms with Gasteiger partial charge in [-0.1, -0.05) is 0 Å². The summed E-state index contributed by atoms with van der Waals surface area (Å²) in [5.41, 5.74) is 0. The first-order chi connectivity index (χ1) is 10.6. The zero-order chi connectivity index (χ0) is 15.5. The van der Waals surface area contributed by atoms with Gasteiger partial charge in [-0.3, -0.25) is 14.6 Å². The molecule has 2 amide bonds. The van der Waals surface area contributed by atoms with Crippen LogP contribution in [0.25, 0.3) is 0 Å². The van der Waals surface area contributed by atoms with Crippen LogP contribution in [0, 0.1) is 5.92 Å². The predicted molar refractivity (Wildman–Crippen MR) is 78.0 cm³/mol. The lowest BCUT2D eigenvalue weighted by molar-refractivity contribution is -0.137. The van der Waals surface area contributed by atoms with Crippen molar-refractivity contribution in [2.24, 2.45) is 5.92 Å². The van der Waals surface area contributed by atoms with E-state index < -0.39 is 0 Å². The molecule has 3 rings (SSSR count). The van der Waals surface area contributed by atoms with Crippen molar-refractivity contribution < 1.29 is 14.3 Å². The van der Waals surface area contributed by atoms with Gasteiger partial charge in [0.2, 0.25) is 17.7 Å². The van der Waals surface area contributed by atoms with Gasteiger partial charge in [-0.25, -0.2) is 4.98 Å². The molecule has 0 saturated carbocycles. The van der Waals surface area contributed by atoms with Crippen molar-refractivity contribution in [1.82, 2.24) is 19.8 Å². The number of carbonyl (C=O) groups is 2. The van der Waals surface area contributed by atoms with E-state index >= 15 is 0 Å². The summed E-state index contributed by atoms with van der Waals surface area (Å²) in [5, 5.41) is 0. The molecule has 2 aliphatic heterocycles. The fraction of sp³-hybridized carbons (Fsp3) is 0.600. The first-order valence-corrected chi connectivity index (χ1v) is 7.59. The topological polar surface area (TPSA) is 75.6 Å². The Morgan fingerprint density at radius 1 is 1.32 bits per heavy atom. The lowest BCUT2D eigenvalue weighted by Gasteiger charge is -2.33. The zero-order valence-corrected chi connectivity index (χ0v) is 12.6. The highest BCUT2D eigenvalue weighted by molar-refractivity contribution is 5.89. The molecular weight excluding hydrogens is 284 g/mol. The third kappa shape index (κ3) is 3.18. The average Bonchev–Trinajstić information content (AvgIpc) is 2.88. The molecule has 2 fully saturated rings. The van der Waals surface area contributed by atoms with Crippen molar-refractivity contribution in [2.75, 3.05) is 26.7 Å². The van der Waals surface area contributed by atoms with Crippen molar-refractivity contribution in [3.63, 3.8) is 0 Å². The van der Waals surface area contributed by atoms with Crippen LogP contribution in [0.1, 0.15) is 19.3 Å². The Bertz CT molecular complexity index is 543. The van der Waals surface area contributed by atoms with E-state index in [1.165, 1.54) is 0 Å². The van der Waals surface area contributed by atoms with Gasteiger partial charge >= 0.3 is 0 Å². The minimum Gasteiger partial charge on any atom is -0.473 e. The van der Waals surface area contributed by atoms with Gasteiger partial charge in [-0.05, 0) is 0 Å². The number of piperidine rings is 1. The second-order valence-corrected chi connectivity index (χ2v) is 5.86. The molecule has 0 radical (unpaired) electrons. The summed E-state index contributed by atoms with van der Waals surface area (Å²) in [7, 11) is 1.75. The molecule has 0 N–H and O–H groups in total. The molecule has 118 valence electrons. The van der Waals surface area contributed by atoms with Gasteiger partial charge in [0.05, 0.1) is 12.1 Å². The molecule has 7 nitrogen and oxygen atoms in total. The van der Waals surface area contributed by atoms with Crippen LogP contribution >= 0.6 is 0 Å². The smallest absolute Gasteiger partial charge is 0.232 e. The molecule has 7 heteroatoms. The number of hydrogen-bond acceptors (Lipinski definition) is 5. The molecule has 0 unspecified atom stereocenters. The highest BCUT2D eigenvalue weighted by Gasteiger charge is 2.36. The summed E-state index contributed by atoms with van der Waals surface area (Å²) in [5.74, 6) is 0.486. The summed E-state index contributed by atoms with van der Waals surface area (Å²) in [6, 6.07) is 0. The molecular formula is C15H20N4O3. The van der Waals surface area contributed by atoms with Gasteiger partial charge in [0.25, 0.3) is 0 Å². The first kappa shape index (κ1) is 14.7. The van der Waals surface area contributed by atoms with E-state index in [1.807, 2.05) is 4.90 Å². The average molecular weight is 304 g/mol. The van der Waals surface area contributed by atoms with Crippen molar-refractivity contribution in [1.29, 1.82) is 0 Å². The third-order valence-corrected chi connectivity index (χ3v) is 4.27. The van der Waals surface area contributed by atoms with E-state index in [-0.39, 0.29) is 23.8 Å². The minimum atomic E-state index is -0.185. The highest BCUT2D eigenvalue weighted by atomic mass is 16.5. The van der Waals surface area contributed by atoms with Crippen LogP contribution in [-0.4, -0.2) is 64.4 Å². The van der Waals surface area contributed by atoms with E-state index in [0.29, 0.717) is 31.9 Å². The second kappa shape index (κ2) is 6.29. The monoisotopic (exact) mass is 304 g/mol. The Hall–Kier alpha value is -2.18. The standard InChI is InChI=1S/C15H20N4O3/c1-18-10-11(8-14(18)20)15(21)19-6-2-12(3-7-19)22-13-9-16-4-5-17-13/h4-5,9,11-12H,2-3,6-8,10H2,1H3/t11-/m0/s1. The summed E-state index contributed by atoms with van der Waals surface area (Å²) in [4.78, 5) is 35.5. The summed E-state index contributed by atoms with van der Waals surface area (Å²) in [6.07, 6.45) is 6.75. The van der Waals surface area contributed by atoms with E-state index in [9.17, 15) is 9.59 Å². The van der Waals surface area contributed by atoms with Crippen molar-refractivity contribution >= 4 is 11.8 Å². The number of amides is 2. The molecule has 0 aromatic carbocycles. The molecule has 2 saturated heterocycles. The Kier molecular flexibility index (Phi) is 4.22. The number of rotatable bonds is 3. The maximum Gasteiger partial charge on any atom is 0.232 e. The summed E-state index contributed by atoms with van der Waals surface area (Å²) in [6.45, 7) is 1.87. The minimum absolute atomic E-state index is 0.0548. The van der Waals surface area contributed by atoms with E-state index in [0.717, 1.165) is 12.8 Å². The SMILES string of the molecule is CN1C[C@@H](C(=O)N2CCC(Oc3cnccn3)CC2)CC1=O. The summed E-state index contributed by atoms with van der Waals surface area (Å²) < 4.78 is 5.77. The summed E-state index contributed by atoms with van der Waals surface area (Å²) >= 11 is 0. The lowest BCUT2D eigenvalue weighted by atomic mass is 10.0. The Balaban J connectivity index is 1.49. The van der Waals surface area contributed by atoms with Gasteiger partial charge in [0.15, 0.2) is 0 Å². The largest absolute Gasteiger partial charge is 0.473 e. The van der Waals surface area contributed by atoms with Gasteiger partial charge in [0, 0.05) is 58.3 Å². The number of ether oxygens (including phenoxy) is 1. The van der Waals surface area contributed by atoms with Gasteiger partial charge in [-0.15, -0.1) is 0 Å². The lowest BCUT2D eigenvalue weighted by Crippen LogP contribution is -2.44. The quantitative estimate of drug-likeness (QED) is 0.804. The molecule has 1 atom stereocenters. The normalized spacial score (nSPS) is 23.0. The van der Waals surface area contributed by atoms with Gasteiger partial charge in [-0.2, -0.15) is 0 Å². The van der Waals surface area contributed by atoms with Crippen molar-refractivity contribution in [3.05, 3.63) is 18.6 Å². The Morgan fingerprint density at radius 3 is 2.68 bits per heavy atom. The molecule has 0 bridgehead atoms. The maximum absolute atomic E-state index is 12.4. The van der Waals surface area contributed by atoms with Crippen LogP contribution < -0.4 is 4.74 Å². The zero-order valence-electron chi connectivity index (χ0n) is 12.6. The fourth-order valence-electron chi connectivity index (χ4n) is 3.00. The van der Waals surface area contributed by atoms with Crippen LogP contribution in [0.5, 0.6) is 5.88 Å². The van der Waals surface area contributed by atoms with Crippen LogP contribution in [0.2, 0.25) is 0 Å². The van der Waals surface area contributed by atoms with E-state index in [1.54, 1.807) is 30.5 Å². The van der Waals surface area contributed by atoms with Crippen LogP contribution in [0.3, 0.4) is 0 Å². The molecule has 3 heterocycles. The molecule has 1 aromatic rings. The number of nitrogens with zero attached hydrogens (tertiary/aromatic N) is 4. The molecule has 0 aliphatic carbocycles. The maximum atomic E-state index is 12.4. The van der Waals surface area contributed by atoms with Crippen molar-refractivity contribution in [2.45, 2.75) is 25.4 Å². The number of carbonyl (C=O) groups excluding carboxylic acids is 2. The number of aromatic nitrogens is 2. The Labute approximate surface area is 129 Å². The molecule has 1 aromatic heterocycles. The van der Waals surface area contributed by atoms with Crippen LogP contribution in [0.15, 0.2) is 18.6 Å². The van der Waals surface area contributed by atoms with Crippen LogP contribution in [0.4, 0.5) is 0 Å². The predicted octanol–water partition coefficient (Wildman–Crippen LogP) is 0.325. The van der Waals surface area contributed by atoms with Gasteiger partial charge < -0.3 is 14.5 Å². The number of likely N-dealkylation sites (tertiary alicyclic amines) is 2. The fourth-order valence-corrected chi connectivity index (χ4v) is 3.00. The van der Waals surface area contributed by atoms with Gasteiger partial charge in [0.1, 0.15) is 6.10 Å².